The number of phenolic OH excluding ortho intramolecular Hbond substituents is 5. The zero-order valence-corrected chi connectivity index (χ0v) is 45.4. The second kappa shape index (κ2) is 24.9. The molecule has 0 atom stereocenters. The van der Waals surface area contributed by atoms with Crippen LogP contribution >= 0.6 is 0 Å². The number of hydrogen-bond acceptors (Lipinski definition) is 15. The monoisotopic (exact) mass is 991 g/mol. The van der Waals surface area contributed by atoms with Gasteiger partial charge in [-0.1, -0.05) is 111 Å². The first-order valence-corrected chi connectivity index (χ1v) is 23.2. The predicted molar refractivity (Wildman–Crippen MR) is 273 cm³/mol. The molecule has 0 aliphatic carbocycles. The fourth-order valence-corrected chi connectivity index (χ4v) is 6.55. The summed E-state index contributed by atoms with van der Waals surface area (Å²) in [5.74, 6) is -1.61. The van der Waals surface area contributed by atoms with Crippen LogP contribution in [0.25, 0.3) is 0 Å². The zero-order chi connectivity index (χ0) is 55.4. The van der Waals surface area contributed by atoms with Gasteiger partial charge in [-0.25, -0.2) is 4.79 Å². The summed E-state index contributed by atoms with van der Waals surface area (Å²) in [6.07, 6.45) is 0.659. The lowest BCUT2D eigenvalue weighted by Crippen LogP contribution is -2.20. The lowest BCUT2D eigenvalue weighted by atomic mass is 9.79. The van der Waals surface area contributed by atoms with Crippen molar-refractivity contribution in [3.05, 3.63) is 88.0 Å². The third-order valence-electron chi connectivity index (χ3n) is 9.91. The molecule has 0 fully saturated rings. The van der Waals surface area contributed by atoms with Crippen molar-refractivity contribution in [1.29, 1.82) is 0 Å². The number of rotatable bonds is 7. The maximum Gasteiger partial charge on any atom is 0.338 e. The molecule has 15 heteroatoms. The Labute approximate surface area is 420 Å². The molecule has 15 nitrogen and oxygen atoms in total. The molecular weight excluding hydrogens is 913 g/mol. The van der Waals surface area contributed by atoms with Crippen molar-refractivity contribution in [2.45, 2.75) is 172 Å². The molecule has 0 saturated heterocycles. The minimum atomic E-state index is -0.677. The van der Waals surface area contributed by atoms with Gasteiger partial charge in [0.15, 0.2) is 11.5 Å². The van der Waals surface area contributed by atoms with Gasteiger partial charge >= 0.3 is 29.8 Å². The summed E-state index contributed by atoms with van der Waals surface area (Å²) < 4.78 is 25.3. The van der Waals surface area contributed by atoms with Gasteiger partial charge < -0.3 is 49.2 Å². The van der Waals surface area contributed by atoms with E-state index in [1.54, 1.807) is 36.4 Å². The smallest absolute Gasteiger partial charge is 0.338 e. The molecule has 4 aromatic rings. The fourth-order valence-electron chi connectivity index (χ4n) is 6.55. The number of esters is 5. The number of aromatic hydroxyl groups is 5. The Morgan fingerprint density at radius 1 is 0.423 bits per heavy atom. The lowest BCUT2D eigenvalue weighted by Gasteiger charge is -2.29. The van der Waals surface area contributed by atoms with Crippen LogP contribution in [-0.2, 0) is 51.0 Å². The maximum absolute atomic E-state index is 11.5. The summed E-state index contributed by atoms with van der Waals surface area (Å²) in [7, 11) is 0. The van der Waals surface area contributed by atoms with Crippen molar-refractivity contribution in [2.75, 3.05) is 6.61 Å². The van der Waals surface area contributed by atoms with Gasteiger partial charge in [-0.15, -0.1) is 0 Å². The van der Waals surface area contributed by atoms with E-state index < -0.39 is 23.4 Å². The van der Waals surface area contributed by atoms with E-state index in [1.165, 1.54) is 26.8 Å². The molecule has 0 saturated carbocycles. The third kappa shape index (κ3) is 20.2. The Balaban J connectivity index is 0.000000475. The second-order valence-corrected chi connectivity index (χ2v) is 22.0. The Morgan fingerprint density at radius 2 is 0.817 bits per heavy atom. The number of carbonyl (C=O) groups is 5. The molecule has 0 spiro atoms. The lowest BCUT2D eigenvalue weighted by molar-refractivity contribution is -0.133. The molecule has 0 heterocycles. The van der Waals surface area contributed by atoms with E-state index in [1.807, 2.05) is 111 Å². The first-order valence-electron chi connectivity index (χ1n) is 23.2. The van der Waals surface area contributed by atoms with Crippen LogP contribution in [0.4, 0.5) is 0 Å². The second-order valence-electron chi connectivity index (χ2n) is 22.0. The van der Waals surface area contributed by atoms with Gasteiger partial charge in [-0.05, 0) is 88.1 Å². The minimum Gasteiger partial charge on any atom is -0.508 e. The van der Waals surface area contributed by atoms with Gasteiger partial charge in [0.05, 0.1) is 12.2 Å². The number of phenols is 5. The predicted octanol–water partition coefficient (Wildman–Crippen LogP) is 12.0. The van der Waals surface area contributed by atoms with Crippen molar-refractivity contribution in [3.8, 4) is 51.7 Å². The average Bonchev–Trinajstić information content (AvgIpc) is 3.18. The van der Waals surface area contributed by atoms with E-state index >= 15 is 0 Å². The number of carbonyl (C=O) groups excluding carboxylic acids is 5. The Morgan fingerprint density at radius 3 is 1.23 bits per heavy atom. The van der Waals surface area contributed by atoms with Crippen LogP contribution in [0.2, 0.25) is 0 Å². The van der Waals surface area contributed by atoms with E-state index in [0.717, 1.165) is 46.9 Å². The van der Waals surface area contributed by atoms with Gasteiger partial charge in [-0.2, -0.15) is 0 Å². The number of benzene rings is 4. The quantitative estimate of drug-likeness (QED) is 0.0658. The van der Waals surface area contributed by atoms with Crippen molar-refractivity contribution < 1.29 is 73.2 Å². The van der Waals surface area contributed by atoms with Crippen LogP contribution in [0.15, 0.2) is 54.6 Å². The van der Waals surface area contributed by atoms with Crippen molar-refractivity contribution in [1.82, 2.24) is 0 Å². The van der Waals surface area contributed by atoms with Gasteiger partial charge in [0.25, 0.3) is 0 Å². The highest BCUT2D eigenvalue weighted by Gasteiger charge is 2.30. The Kier molecular flexibility index (Phi) is 21.8. The molecule has 0 unspecified atom stereocenters. The molecule has 4 rings (SSSR count). The van der Waals surface area contributed by atoms with Crippen LogP contribution in [0.5, 0.6) is 51.7 Å². The molecule has 4 aromatic carbocycles. The summed E-state index contributed by atoms with van der Waals surface area (Å²) in [4.78, 5) is 55.9. The molecule has 0 aliphatic rings. The summed E-state index contributed by atoms with van der Waals surface area (Å²) in [6.45, 7) is 37.6. The van der Waals surface area contributed by atoms with Gasteiger partial charge in [0.2, 0.25) is 5.75 Å². The fraction of sp³-hybridized carbons (Fsp3) is 0.482. The van der Waals surface area contributed by atoms with Crippen LogP contribution in [0.3, 0.4) is 0 Å². The average molecular weight is 991 g/mol. The number of hydrogen-bond donors (Lipinski definition) is 5. The third-order valence-corrected chi connectivity index (χ3v) is 9.91. The largest absolute Gasteiger partial charge is 0.508 e. The molecule has 5 N–H and O–H groups in total. The highest BCUT2D eigenvalue weighted by molar-refractivity contribution is 5.91. The highest BCUT2D eigenvalue weighted by Crippen LogP contribution is 2.43. The van der Waals surface area contributed by atoms with Crippen molar-refractivity contribution in [3.63, 3.8) is 0 Å². The molecule has 71 heavy (non-hydrogen) atoms. The molecule has 0 radical (unpaired) electrons. The molecule has 392 valence electrons. The van der Waals surface area contributed by atoms with Crippen molar-refractivity contribution in [2.24, 2.45) is 0 Å². The van der Waals surface area contributed by atoms with Crippen LogP contribution in [0.1, 0.15) is 183 Å². The first kappa shape index (κ1) is 62.2. The Hall–Kier alpha value is -6.77. The van der Waals surface area contributed by atoms with E-state index in [-0.39, 0.29) is 80.2 Å². The maximum atomic E-state index is 11.5. The van der Waals surface area contributed by atoms with Crippen LogP contribution < -0.4 is 18.9 Å². The normalized spacial score (nSPS) is 11.5. The molecule has 0 aliphatic heterocycles. The van der Waals surface area contributed by atoms with Crippen LogP contribution in [0, 0.1) is 0 Å². The van der Waals surface area contributed by atoms with E-state index in [4.69, 9.17) is 18.9 Å². The van der Waals surface area contributed by atoms with Crippen LogP contribution in [-0.4, -0.2) is 62.0 Å². The van der Waals surface area contributed by atoms with E-state index in [0.29, 0.717) is 23.7 Å². The standard InChI is InChI=1S/2C16H24O3.C12H14O6.C12H16O3/c1-10(17)19-14-9-11(15(2,3)4)13(18)8-12(14)16(5,6)7;1-10(17)19-14-12(15(2,3)4)8-11(18)9-13(14)16(5,6)7;1-3-4-17-12(16)8-5-9(14)11(15)10(6-8)18-7(2)13;1-8(13)15-11-6-5-9(14)7-10(11)12(2,3)4/h2*8-9,18H,1-7H3;5-6,14-15H,3-4H2,1-2H3;5-7,14H,1-4H3. The first-order chi connectivity index (χ1) is 32.1. The number of ether oxygens (including phenoxy) is 5. The SMILES string of the molecule is CC(=O)Oc1c(C(C)(C)C)cc(O)cc1C(C)(C)C.CC(=O)Oc1cc(C(C)(C)C)c(O)cc1C(C)(C)C.CC(=O)Oc1ccc(O)cc1C(C)(C)C.CCCOC(=O)c1cc(O)c(O)c(OC(C)=O)c1. The molecule has 0 amide bonds. The van der Waals surface area contributed by atoms with Crippen molar-refractivity contribution >= 4 is 29.8 Å². The Bertz CT molecular complexity index is 2480. The molecular formula is C56H78O15. The molecule has 0 bridgehead atoms. The summed E-state index contributed by atoms with van der Waals surface area (Å²) >= 11 is 0. The van der Waals surface area contributed by atoms with Gasteiger partial charge in [0, 0.05) is 55.5 Å². The van der Waals surface area contributed by atoms with E-state index in [2.05, 4.69) is 4.74 Å². The molecule has 0 aromatic heterocycles. The summed E-state index contributed by atoms with van der Waals surface area (Å²) in [5, 5.41) is 48.4. The summed E-state index contributed by atoms with van der Waals surface area (Å²) in [6, 6.07) is 13.7. The minimum absolute atomic E-state index is 0.00463. The summed E-state index contributed by atoms with van der Waals surface area (Å²) in [5.41, 5.74) is 3.06. The van der Waals surface area contributed by atoms with Gasteiger partial charge in [-0.3, -0.25) is 19.2 Å². The topological polar surface area (TPSA) is 233 Å². The van der Waals surface area contributed by atoms with E-state index in [9.17, 15) is 49.5 Å². The van der Waals surface area contributed by atoms with Gasteiger partial charge in [0.1, 0.15) is 34.5 Å². The highest BCUT2D eigenvalue weighted by atomic mass is 16.6. The zero-order valence-electron chi connectivity index (χ0n) is 45.4.